The Morgan fingerprint density at radius 2 is 1.45 bits per heavy atom. The summed E-state index contributed by atoms with van der Waals surface area (Å²) in [6, 6.07) is 12.8. The van der Waals surface area contributed by atoms with Gasteiger partial charge in [0.2, 0.25) is 0 Å². The molecule has 0 radical (unpaired) electrons. The SMILES string of the molecule is CCCC(C)Cc1ccc2c(c1)C(=O)c1ccccc1C2=O. The first-order valence-electron chi connectivity index (χ1n) is 7.93. The van der Waals surface area contributed by atoms with Gasteiger partial charge >= 0.3 is 0 Å². The Hall–Kier alpha value is -2.22. The van der Waals surface area contributed by atoms with E-state index < -0.39 is 0 Å². The second-order valence-electron chi connectivity index (χ2n) is 6.18. The number of ketones is 2. The van der Waals surface area contributed by atoms with Gasteiger partial charge in [-0.05, 0) is 24.0 Å². The van der Waals surface area contributed by atoms with Gasteiger partial charge < -0.3 is 0 Å². The summed E-state index contributed by atoms with van der Waals surface area (Å²) in [5, 5.41) is 0. The first kappa shape index (κ1) is 14.7. The van der Waals surface area contributed by atoms with Crippen LogP contribution in [0.25, 0.3) is 0 Å². The van der Waals surface area contributed by atoms with Crippen molar-refractivity contribution in [2.75, 3.05) is 0 Å². The van der Waals surface area contributed by atoms with E-state index in [9.17, 15) is 9.59 Å². The third-order valence-electron chi connectivity index (χ3n) is 4.36. The van der Waals surface area contributed by atoms with Gasteiger partial charge in [-0.2, -0.15) is 0 Å². The first-order chi connectivity index (χ1) is 10.6. The molecule has 2 nitrogen and oxygen atoms in total. The maximum atomic E-state index is 12.7. The quantitative estimate of drug-likeness (QED) is 0.712. The number of hydrogen-bond acceptors (Lipinski definition) is 2. The van der Waals surface area contributed by atoms with Gasteiger partial charge in [-0.3, -0.25) is 9.59 Å². The van der Waals surface area contributed by atoms with Crippen LogP contribution in [-0.2, 0) is 6.42 Å². The first-order valence-corrected chi connectivity index (χ1v) is 7.93. The van der Waals surface area contributed by atoms with Crippen molar-refractivity contribution in [2.45, 2.75) is 33.1 Å². The zero-order chi connectivity index (χ0) is 15.7. The molecule has 1 atom stereocenters. The predicted molar refractivity (Wildman–Crippen MR) is 87.5 cm³/mol. The summed E-state index contributed by atoms with van der Waals surface area (Å²) >= 11 is 0. The molecule has 2 heteroatoms. The van der Waals surface area contributed by atoms with Gasteiger partial charge in [0.05, 0.1) is 0 Å². The van der Waals surface area contributed by atoms with E-state index in [-0.39, 0.29) is 11.6 Å². The molecule has 0 bridgehead atoms. The normalized spacial score (nSPS) is 14.5. The molecule has 0 fully saturated rings. The van der Waals surface area contributed by atoms with E-state index in [4.69, 9.17) is 0 Å². The minimum Gasteiger partial charge on any atom is -0.289 e. The molecular formula is C20H20O2. The van der Waals surface area contributed by atoms with E-state index in [0.717, 1.165) is 18.4 Å². The van der Waals surface area contributed by atoms with E-state index in [1.165, 1.54) is 6.42 Å². The second-order valence-corrected chi connectivity index (χ2v) is 6.18. The van der Waals surface area contributed by atoms with Crippen LogP contribution in [0, 0.1) is 5.92 Å². The Kier molecular flexibility index (Phi) is 3.93. The summed E-state index contributed by atoms with van der Waals surface area (Å²) < 4.78 is 0. The van der Waals surface area contributed by atoms with Crippen molar-refractivity contribution in [3.63, 3.8) is 0 Å². The van der Waals surface area contributed by atoms with Crippen LogP contribution in [0.4, 0.5) is 0 Å². The van der Waals surface area contributed by atoms with Crippen molar-refractivity contribution < 1.29 is 9.59 Å². The van der Waals surface area contributed by atoms with E-state index in [1.54, 1.807) is 18.2 Å². The van der Waals surface area contributed by atoms with E-state index in [2.05, 4.69) is 13.8 Å². The number of carbonyl (C=O) groups is 2. The summed E-state index contributed by atoms with van der Waals surface area (Å²) in [6.07, 6.45) is 3.29. The Bertz CT molecular complexity index is 743. The lowest BCUT2D eigenvalue weighted by Crippen LogP contribution is -2.21. The molecule has 0 aromatic heterocycles. The molecule has 1 aliphatic rings. The van der Waals surface area contributed by atoms with Crippen molar-refractivity contribution in [3.8, 4) is 0 Å². The summed E-state index contributed by atoms with van der Waals surface area (Å²) in [5.41, 5.74) is 3.28. The van der Waals surface area contributed by atoms with Crippen LogP contribution in [-0.4, -0.2) is 11.6 Å². The molecular weight excluding hydrogens is 272 g/mol. The van der Waals surface area contributed by atoms with Gasteiger partial charge in [0.25, 0.3) is 0 Å². The number of rotatable bonds is 4. The van der Waals surface area contributed by atoms with E-state index >= 15 is 0 Å². The fraction of sp³-hybridized carbons (Fsp3) is 0.300. The highest BCUT2D eigenvalue weighted by Crippen LogP contribution is 2.28. The standard InChI is InChI=1S/C20H20O2/c1-3-6-13(2)11-14-9-10-17-18(12-14)20(22)16-8-5-4-7-15(16)19(17)21/h4-5,7-10,12-13H,3,6,11H2,1-2H3. The Labute approximate surface area is 131 Å². The van der Waals surface area contributed by atoms with E-state index in [1.807, 2.05) is 24.3 Å². The Morgan fingerprint density at radius 1 is 0.864 bits per heavy atom. The third-order valence-corrected chi connectivity index (χ3v) is 4.36. The van der Waals surface area contributed by atoms with Crippen molar-refractivity contribution in [2.24, 2.45) is 5.92 Å². The average molecular weight is 292 g/mol. The van der Waals surface area contributed by atoms with Gasteiger partial charge in [0.15, 0.2) is 11.6 Å². The largest absolute Gasteiger partial charge is 0.289 e. The summed E-state index contributed by atoms with van der Waals surface area (Å²) in [5.74, 6) is 0.512. The molecule has 0 aliphatic heterocycles. The van der Waals surface area contributed by atoms with Gasteiger partial charge in [-0.1, -0.05) is 63.1 Å². The molecule has 1 unspecified atom stereocenters. The maximum Gasteiger partial charge on any atom is 0.194 e. The van der Waals surface area contributed by atoms with Crippen LogP contribution in [0.3, 0.4) is 0 Å². The van der Waals surface area contributed by atoms with Crippen LogP contribution in [0.15, 0.2) is 42.5 Å². The zero-order valence-corrected chi connectivity index (χ0v) is 13.1. The third kappa shape index (κ3) is 2.50. The van der Waals surface area contributed by atoms with Crippen LogP contribution >= 0.6 is 0 Å². The van der Waals surface area contributed by atoms with Crippen LogP contribution in [0.5, 0.6) is 0 Å². The smallest absolute Gasteiger partial charge is 0.194 e. The van der Waals surface area contributed by atoms with Crippen molar-refractivity contribution >= 4 is 11.6 Å². The van der Waals surface area contributed by atoms with Crippen molar-refractivity contribution in [1.29, 1.82) is 0 Å². The van der Waals surface area contributed by atoms with E-state index in [0.29, 0.717) is 28.2 Å². The molecule has 112 valence electrons. The highest BCUT2D eigenvalue weighted by molar-refractivity contribution is 6.28. The highest BCUT2D eigenvalue weighted by atomic mass is 16.1. The maximum absolute atomic E-state index is 12.7. The number of benzene rings is 2. The molecule has 2 aromatic carbocycles. The lowest BCUT2D eigenvalue weighted by Gasteiger charge is -2.19. The van der Waals surface area contributed by atoms with Crippen LogP contribution in [0.2, 0.25) is 0 Å². The molecule has 3 rings (SSSR count). The minimum atomic E-state index is -0.0432. The second kappa shape index (κ2) is 5.88. The van der Waals surface area contributed by atoms with Gasteiger partial charge in [0.1, 0.15) is 0 Å². The van der Waals surface area contributed by atoms with Crippen LogP contribution < -0.4 is 0 Å². The molecule has 0 saturated carbocycles. The fourth-order valence-corrected chi connectivity index (χ4v) is 3.27. The molecule has 0 spiro atoms. The molecule has 1 aliphatic carbocycles. The molecule has 0 N–H and O–H groups in total. The molecule has 0 saturated heterocycles. The molecule has 0 heterocycles. The number of hydrogen-bond donors (Lipinski definition) is 0. The van der Waals surface area contributed by atoms with Gasteiger partial charge in [0, 0.05) is 22.3 Å². The van der Waals surface area contributed by atoms with Gasteiger partial charge in [-0.25, -0.2) is 0 Å². The summed E-state index contributed by atoms with van der Waals surface area (Å²) in [7, 11) is 0. The molecule has 0 amide bonds. The Morgan fingerprint density at radius 3 is 2.09 bits per heavy atom. The number of carbonyl (C=O) groups excluding carboxylic acids is 2. The summed E-state index contributed by atoms with van der Waals surface area (Å²) in [4.78, 5) is 25.2. The Balaban J connectivity index is 1.99. The lowest BCUT2D eigenvalue weighted by atomic mass is 9.82. The molecule has 22 heavy (non-hydrogen) atoms. The lowest BCUT2D eigenvalue weighted by molar-refractivity contribution is 0.0979. The van der Waals surface area contributed by atoms with Crippen molar-refractivity contribution in [1.82, 2.24) is 0 Å². The highest BCUT2D eigenvalue weighted by Gasteiger charge is 2.29. The fourth-order valence-electron chi connectivity index (χ4n) is 3.27. The minimum absolute atomic E-state index is 0.0322. The zero-order valence-electron chi connectivity index (χ0n) is 13.1. The number of fused-ring (bicyclic) bond motifs is 2. The average Bonchev–Trinajstić information content (AvgIpc) is 2.53. The summed E-state index contributed by atoms with van der Waals surface area (Å²) in [6.45, 7) is 4.41. The van der Waals surface area contributed by atoms with Crippen LogP contribution in [0.1, 0.15) is 64.1 Å². The molecule has 2 aromatic rings. The van der Waals surface area contributed by atoms with Gasteiger partial charge in [-0.15, -0.1) is 0 Å². The monoisotopic (exact) mass is 292 g/mol. The van der Waals surface area contributed by atoms with Crippen molar-refractivity contribution in [3.05, 3.63) is 70.3 Å². The predicted octanol–water partition coefficient (Wildman–Crippen LogP) is 4.44. The topological polar surface area (TPSA) is 34.1 Å².